The topological polar surface area (TPSA) is 85.8 Å². The first-order chi connectivity index (χ1) is 9.58. The molecule has 0 fully saturated rings. The Morgan fingerprint density at radius 1 is 1.50 bits per heavy atom. The number of halogens is 1. The number of aromatic nitrogens is 3. The first-order valence-corrected chi connectivity index (χ1v) is 6.00. The highest BCUT2D eigenvalue weighted by molar-refractivity contribution is 5.95. The maximum absolute atomic E-state index is 13.5. The van der Waals surface area contributed by atoms with Gasteiger partial charge in [-0.05, 0) is 24.6 Å². The predicted octanol–water partition coefficient (Wildman–Crippen LogP) is 1.19. The van der Waals surface area contributed by atoms with E-state index < -0.39 is 11.9 Å². The number of fused-ring (bicyclic) bond motifs is 1. The van der Waals surface area contributed by atoms with Crippen LogP contribution in [0.2, 0.25) is 0 Å². The summed E-state index contributed by atoms with van der Waals surface area (Å²) in [7, 11) is 0. The fourth-order valence-corrected chi connectivity index (χ4v) is 2.39. The van der Waals surface area contributed by atoms with Crippen LogP contribution >= 0.6 is 0 Å². The molecule has 1 aliphatic heterocycles. The van der Waals surface area contributed by atoms with Crippen molar-refractivity contribution in [3.05, 3.63) is 53.2 Å². The molecule has 2 heterocycles. The predicted molar refractivity (Wildman–Crippen MR) is 70.1 cm³/mol. The number of amides is 1. The van der Waals surface area contributed by atoms with Gasteiger partial charge in [0, 0.05) is 5.70 Å². The van der Waals surface area contributed by atoms with Crippen LogP contribution in [0, 0.1) is 5.82 Å². The van der Waals surface area contributed by atoms with Crippen molar-refractivity contribution in [3.63, 3.8) is 0 Å². The second-order valence-corrected chi connectivity index (χ2v) is 4.51. The van der Waals surface area contributed by atoms with Crippen molar-refractivity contribution in [2.75, 3.05) is 5.32 Å². The van der Waals surface area contributed by atoms with Crippen LogP contribution < -0.4 is 11.1 Å². The summed E-state index contributed by atoms with van der Waals surface area (Å²) in [6.07, 6.45) is 1.37. The van der Waals surface area contributed by atoms with Gasteiger partial charge < -0.3 is 11.1 Å². The van der Waals surface area contributed by atoms with Gasteiger partial charge in [-0.15, -0.1) is 0 Å². The maximum atomic E-state index is 13.5. The number of carbonyl (C=O) groups is 1. The van der Waals surface area contributed by atoms with Crippen molar-refractivity contribution >= 4 is 11.9 Å². The number of nitrogens with two attached hydrogens (primary N) is 1. The fraction of sp³-hybridized carbons (Fsp3) is 0.154. The van der Waals surface area contributed by atoms with Crippen LogP contribution in [-0.4, -0.2) is 20.7 Å². The Morgan fingerprint density at radius 3 is 3.00 bits per heavy atom. The Bertz CT molecular complexity index is 721. The zero-order valence-electron chi connectivity index (χ0n) is 10.7. The number of nitrogens with zero attached hydrogens (tertiary/aromatic N) is 3. The van der Waals surface area contributed by atoms with Crippen molar-refractivity contribution in [1.29, 1.82) is 0 Å². The number of nitrogens with one attached hydrogen (secondary N) is 1. The zero-order chi connectivity index (χ0) is 14.3. The molecule has 3 rings (SSSR count). The van der Waals surface area contributed by atoms with E-state index >= 15 is 0 Å². The monoisotopic (exact) mass is 273 g/mol. The van der Waals surface area contributed by atoms with Gasteiger partial charge in [0.25, 0.3) is 0 Å². The molecule has 1 aliphatic rings. The number of hydrogen-bond acceptors (Lipinski definition) is 4. The van der Waals surface area contributed by atoms with E-state index in [4.69, 9.17) is 5.73 Å². The molecule has 0 saturated heterocycles. The quantitative estimate of drug-likeness (QED) is 0.860. The van der Waals surface area contributed by atoms with Crippen molar-refractivity contribution in [1.82, 2.24) is 14.8 Å². The molecule has 0 bridgehead atoms. The van der Waals surface area contributed by atoms with Gasteiger partial charge in [-0.3, -0.25) is 4.79 Å². The lowest BCUT2D eigenvalue weighted by Crippen LogP contribution is -2.31. The zero-order valence-corrected chi connectivity index (χ0v) is 10.7. The average molecular weight is 273 g/mol. The van der Waals surface area contributed by atoms with Crippen molar-refractivity contribution in [2.24, 2.45) is 5.73 Å². The lowest BCUT2D eigenvalue weighted by molar-refractivity contribution is -0.115. The number of carbonyl (C=O) groups excluding carboxylic acids is 1. The Hall–Kier alpha value is -2.70. The van der Waals surface area contributed by atoms with Crippen LogP contribution in [0.15, 0.2) is 41.9 Å². The summed E-state index contributed by atoms with van der Waals surface area (Å²) in [6, 6.07) is 5.42. The maximum Gasteiger partial charge on any atom is 0.248 e. The van der Waals surface area contributed by atoms with E-state index in [-0.39, 0.29) is 5.82 Å². The lowest BCUT2D eigenvalue weighted by atomic mass is 9.95. The molecule has 1 amide bonds. The number of anilines is 1. The summed E-state index contributed by atoms with van der Waals surface area (Å²) in [4.78, 5) is 15.8. The summed E-state index contributed by atoms with van der Waals surface area (Å²) < 4.78 is 15.0. The van der Waals surface area contributed by atoms with Gasteiger partial charge in [0.1, 0.15) is 18.2 Å². The smallest absolute Gasteiger partial charge is 0.248 e. The summed E-state index contributed by atoms with van der Waals surface area (Å²) in [5, 5.41) is 7.05. The molecular formula is C13H12FN5O. The van der Waals surface area contributed by atoms with Crippen LogP contribution in [0.5, 0.6) is 0 Å². The van der Waals surface area contributed by atoms with Crippen LogP contribution in [0.4, 0.5) is 10.3 Å². The van der Waals surface area contributed by atoms with Crippen LogP contribution in [0.3, 0.4) is 0 Å². The minimum absolute atomic E-state index is 0.341. The third kappa shape index (κ3) is 1.83. The molecule has 6 nitrogen and oxygen atoms in total. The molecule has 0 saturated carbocycles. The van der Waals surface area contributed by atoms with E-state index in [9.17, 15) is 9.18 Å². The molecule has 7 heteroatoms. The summed E-state index contributed by atoms with van der Waals surface area (Å²) >= 11 is 0. The minimum atomic E-state index is -0.582. The third-order valence-electron chi connectivity index (χ3n) is 3.22. The molecule has 20 heavy (non-hydrogen) atoms. The fourth-order valence-electron chi connectivity index (χ4n) is 2.39. The van der Waals surface area contributed by atoms with Crippen molar-refractivity contribution in [3.8, 4) is 0 Å². The van der Waals surface area contributed by atoms with Gasteiger partial charge in [-0.2, -0.15) is 10.1 Å². The van der Waals surface area contributed by atoms with E-state index in [2.05, 4.69) is 15.4 Å². The van der Waals surface area contributed by atoms with E-state index in [1.807, 2.05) is 0 Å². The van der Waals surface area contributed by atoms with E-state index in [1.165, 1.54) is 23.1 Å². The SMILES string of the molecule is CC1=C(C(N)=O)C(c2cccc(F)c2)n2ncnc2N1. The van der Waals surface area contributed by atoms with Gasteiger partial charge in [0.05, 0.1) is 5.57 Å². The first-order valence-electron chi connectivity index (χ1n) is 6.00. The Labute approximate surface area is 114 Å². The van der Waals surface area contributed by atoms with Crippen molar-refractivity contribution in [2.45, 2.75) is 13.0 Å². The largest absolute Gasteiger partial charge is 0.366 e. The lowest BCUT2D eigenvalue weighted by Gasteiger charge is -2.27. The summed E-state index contributed by atoms with van der Waals surface area (Å²) in [5.41, 5.74) is 6.98. The molecule has 2 aromatic rings. The number of rotatable bonds is 2. The molecule has 1 aromatic carbocycles. The normalized spacial score (nSPS) is 17.6. The molecule has 1 aromatic heterocycles. The molecule has 3 N–H and O–H groups in total. The minimum Gasteiger partial charge on any atom is -0.366 e. The summed E-state index contributed by atoms with van der Waals surface area (Å²) in [5.74, 6) is -0.476. The molecule has 1 atom stereocenters. The number of benzene rings is 1. The van der Waals surface area contributed by atoms with Gasteiger partial charge in [-0.1, -0.05) is 12.1 Å². The van der Waals surface area contributed by atoms with E-state index in [1.54, 1.807) is 19.1 Å². The van der Waals surface area contributed by atoms with Crippen molar-refractivity contribution < 1.29 is 9.18 Å². The highest BCUT2D eigenvalue weighted by Gasteiger charge is 2.32. The molecule has 0 aliphatic carbocycles. The van der Waals surface area contributed by atoms with Gasteiger partial charge >= 0.3 is 0 Å². The van der Waals surface area contributed by atoms with Gasteiger partial charge in [-0.25, -0.2) is 9.07 Å². The molecule has 102 valence electrons. The van der Waals surface area contributed by atoms with E-state index in [0.717, 1.165) is 0 Å². The Balaban J connectivity index is 2.22. The standard InChI is InChI=1S/C13H12FN5O/c1-7-10(12(15)20)11(8-3-2-4-9(14)5-8)19-13(18-7)16-6-17-19/h2-6,11H,1H3,(H2,15,20)(H,16,17,18). The Kier molecular flexibility index (Phi) is 2.74. The number of allylic oxidation sites excluding steroid dienone is 1. The highest BCUT2D eigenvalue weighted by Crippen LogP contribution is 2.34. The van der Waals surface area contributed by atoms with Crippen LogP contribution in [0.1, 0.15) is 18.5 Å². The number of hydrogen-bond donors (Lipinski definition) is 2. The third-order valence-corrected chi connectivity index (χ3v) is 3.22. The van der Waals surface area contributed by atoms with E-state index in [0.29, 0.717) is 22.8 Å². The van der Waals surface area contributed by atoms with Crippen LogP contribution in [0.25, 0.3) is 0 Å². The molecular weight excluding hydrogens is 261 g/mol. The molecule has 0 spiro atoms. The van der Waals surface area contributed by atoms with Crippen LogP contribution in [-0.2, 0) is 4.79 Å². The average Bonchev–Trinajstić information content (AvgIpc) is 2.84. The first kappa shape index (κ1) is 12.3. The second-order valence-electron chi connectivity index (χ2n) is 4.51. The highest BCUT2D eigenvalue weighted by atomic mass is 19.1. The molecule has 1 unspecified atom stereocenters. The van der Waals surface area contributed by atoms with Gasteiger partial charge in [0.15, 0.2) is 0 Å². The molecule has 0 radical (unpaired) electrons. The number of primary amides is 1. The second kappa shape index (κ2) is 4.44. The van der Waals surface area contributed by atoms with Gasteiger partial charge in [0.2, 0.25) is 11.9 Å². The summed E-state index contributed by atoms with van der Waals surface area (Å²) in [6.45, 7) is 1.73. The Morgan fingerprint density at radius 2 is 2.30 bits per heavy atom.